The number of carbonyl (C=O) groups excluding carboxylic acids is 2. The number of rotatable bonds is 7. The summed E-state index contributed by atoms with van der Waals surface area (Å²) in [5.41, 5.74) is 5.14. The van der Waals surface area contributed by atoms with Gasteiger partial charge in [0.1, 0.15) is 11.5 Å². The number of furan rings is 1. The van der Waals surface area contributed by atoms with Crippen LogP contribution in [0.15, 0.2) is 22.6 Å². The van der Waals surface area contributed by atoms with Crippen molar-refractivity contribution in [3.63, 3.8) is 0 Å². The van der Waals surface area contributed by atoms with Crippen molar-refractivity contribution in [3.8, 4) is 0 Å². The molecular weight excluding hydrogens is 244 g/mol. The number of primary amides is 1. The van der Waals surface area contributed by atoms with Crippen molar-refractivity contribution in [1.29, 1.82) is 0 Å². The topological polar surface area (TPSA) is 76.5 Å². The summed E-state index contributed by atoms with van der Waals surface area (Å²) >= 11 is 0. The van der Waals surface area contributed by atoms with Crippen LogP contribution in [-0.2, 0) is 9.59 Å². The van der Waals surface area contributed by atoms with Crippen LogP contribution in [0.1, 0.15) is 31.3 Å². The minimum atomic E-state index is -0.508. The van der Waals surface area contributed by atoms with Crippen LogP contribution < -0.4 is 5.73 Å². The van der Waals surface area contributed by atoms with Gasteiger partial charge in [-0.3, -0.25) is 9.59 Å². The van der Waals surface area contributed by atoms with E-state index < -0.39 is 5.91 Å². The first-order valence-electron chi connectivity index (χ1n) is 6.34. The van der Waals surface area contributed by atoms with Crippen LogP contribution in [0.2, 0.25) is 0 Å². The van der Waals surface area contributed by atoms with E-state index in [1.54, 1.807) is 12.1 Å². The molecule has 0 unspecified atom stereocenters. The lowest BCUT2D eigenvalue weighted by Crippen LogP contribution is -2.38. The Morgan fingerprint density at radius 2 is 2.16 bits per heavy atom. The van der Waals surface area contributed by atoms with Gasteiger partial charge in [0.15, 0.2) is 0 Å². The number of aryl methyl sites for hydroxylation is 1. The maximum Gasteiger partial charge on any atom is 0.247 e. The van der Waals surface area contributed by atoms with Crippen molar-refractivity contribution in [2.45, 2.75) is 26.7 Å². The van der Waals surface area contributed by atoms with E-state index >= 15 is 0 Å². The number of nitrogens with zero attached hydrogens (tertiary/aromatic N) is 1. The minimum Gasteiger partial charge on any atom is -0.462 e. The third-order valence-electron chi connectivity index (χ3n) is 2.59. The van der Waals surface area contributed by atoms with E-state index in [2.05, 4.69) is 0 Å². The first-order valence-corrected chi connectivity index (χ1v) is 6.34. The Balaban J connectivity index is 2.64. The molecule has 0 saturated heterocycles. The molecule has 1 rings (SSSR count). The van der Waals surface area contributed by atoms with Gasteiger partial charge >= 0.3 is 0 Å². The van der Waals surface area contributed by atoms with Gasteiger partial charge in [-0.1, -0.05) is 13.3 Å². The first-order chi connectivity index (χ1) is 9.02. The summed E-state index contributed by atoms with van der Waals surface area (Å²) in [6, 6.07) is 3.60. The predicted molar refractivity (Wildman–Crippen MR) is 73.2 cm³/mol. The van der Waals surface area contributed by atoms with Crippen molar-refractivity contribution in [2.24, 2.45) is 5.73 Å². The van der Waals surface area contributed by atoms with Crippen LogP contribution >= 0.6 is 0 Å². The zero-order valence-corrected chi connectivity index (χ0v) is 11.4. The van der Waals surface area contributed by atoms with Gasteiger partial charge in [0.2, 0.25) is 11.8 Å². The van der Waals surface area contributed by atoms with E-state index in [1.165, 1.54) is 11.0 Å². The molecule has 1 heterocycles. The molecule has 0 atom stereocenters. The molecule has 0 aliphatic heterocycles. The van der Waals surface area contributed by atoms with Gasteiger partial charge < -0.3 is 15.1 Å². The lowest BCUT2D eigenvalue weighted by molar-refractivity contribution is -0.131. The van der Waals surface area contributed by atoms with Crippen molar-refractivity contribution in [2.75, 3.05) is 13.1 Å². The molecule has 104 valence electrons. The van der Waals surface area contributed by atoms with E-state index in [9.17, 15) is 9.59 Å². The quantitative estimate of drug-likeness (QED) is 0.762. The van der Waals surface area contributed by atoms with Crippen LogP contribution in [0.3, 0.4) is 0 Å². The standard InChI is InChI=1S/C14H20N2O3/c1-3-4-9-16(10-13(15)17)14(18)8-7-12-6-5-11(2)19-12/h5-8H,3-4,9-10H2,1-2H3,(H2,15,17)/b8-7+. The number of unbranched alkanes of at least 4 members (excludes halogenated alkanes) is 1. The molecule has 5 nitrogen and oxygen atoms in total. The largest absolute Gasteiger partial charge is 0.462 e. The maximum atomic E-state index is 12.0. The Kier molecular flexibility index (Phi) is 5.85. The summed E-state index contributed by atoms with van der Waals surface area (Å²) in [6.07, 6.45) is 4.78. The van der Waals surface area contributed by atoms with Crippen LogP contribution in [-0.4, -0.2) is 29.8 Å². The second-order valence-electron chi connectivity index (χ2n) is 4.36. The SMILES string of the molecule is CCCCN(CC(N)=O)C(=O)/C=C/c1ccc(C)o1. The van der Waals surface area contributed by atoms with E-state index in [1.807, 2.05) is 19.9 Å². The number of amides is 2. The summed E-state index contributed by atoms with van der Waals surface area (Å²) < 4.78 is 5.33. The molecule has 0 bridgehead atoms. The summed E-state index contributed by atoms with van der Waals surface area (Å²) in [6.45, 7) is 4.33. The van der Waals surface area contributed by atoms with Gasteiger partial charge in [0, 0.05) is 12.6 Å². The summed E-state index contributed by atoms with van der Waals surface area (Å²) in [4.78, 5) is 24.3. The second kappa shape index (κ2) is 7.41. The summed E-state index contributed by atoms with van der Waals surface area (Å²) in [7, 11) is 0. The zero-order valence-electron chi connectivity index (χ0n) is 11.4. The normalized spacial score (nSPS) is 10.8. The number of hydrogen-bond donors (Lipinski definition) is 1. The van der Waals surface area contributed by atoms with Gasteiger partial charge in [-0.15, -0.1) is 0 Å². The molecule has 0 radical (unpaired) electrons. The van der Waals surface area contributed by atoms with Crippen LogP contribution in [0, 0.1) is 6.92 Å². The van der Waals surface area contributed by atoms with Gasteiger partial charge in [0.05, 0.1) is 6.54 Å². The Morgan fingerprint density at radius 3 is 2.68 bits per heavy atom. The Labute approximate surface area is 113 Å². The third kappa shape index (κ3) is 5.42. The highest BCUT2D eigenvalue weighted by molar-refractivity contribution is 5.93. The highest BCUT2D eigenvalue weighted by atomic mass is 16.3. The fourth-order valence-corrected chi connectivity index (χ4v) is 1.61. The molecule has 2 amide bonds. The van der Waals surface area contributed by atoms with E-state index in [0.717, 1.165) is 18.6 Å². The molecule has 0 aromatic carbocycles. The highest BCUT2D eigenvalue weighted by Gasteiger charge is 2.12. The maximum absolute atomic E-state index is 12.0. The summed E-state index contributed by atoms with van der Waals surface area (Å²) in [5, 5.41) is 0. The summed E-state index contributed by atoms with van der Waals surface area (Å²) in [5.74, 6) is 0.653. The molecule has 0 aliphatic rings. The van der Waals surface area contributed by atoms with Crippen LogP contribution in [0.5, 0.6) is 0 Å². The number of carbonyl (C=O) groups is 2. The third-order valence-corrected chi connectivity index (χ3v) is 2.59. The molecule has 0 aliphatic carbocycles. The molecule has 19 heavy (non-hydrogen) atoms. The number of nitrogens with two attached hydrogens (primary N) is 1. The molecular formula is C14H20N2O3. The molecule has 0 saturated carbocycles. The van der Waals surface area contributed by atoms with Gasteiger partial charge in [-0.05, 0) is 31.6 Å². The van der Waals surface area contributed by atoms with E-state index in [0.29, 0.717) is 12.3 Å². The van der Waals surface area contributed by atoms with Gasteiger partial charge in [-0.2, -0.15) is 0 Å². The Morgan fingerprint density at radius 1 is 1.42 bits per heavy atom. The molecule has 2 N–H and O–H groups in total. The molecule has 1 aromatic heterocycles. The van der Waals surface area contributed by atoms with E-state index in [-0.39, 0.29) is 12.5 Å². The molecule has 0 spiro atoms. The Hall–Kier alpha value is -2.04. The van der Waals surface area contributed by atoms with Crippen molar-refractivity contribution in [3.05, 3.63) is 29.7 Å². The monoisotopic (exact) mass is 264 g/mol. The van der Waals surface area contributed by atoms with Crippen LogP contribution in [0.25, 0.3) is 6.08 Å². The van der Waals surface area contributed by atoms with Crippen molar-refractivity contribution in [1.82, 2.24) is 4.90 Å². The highest BCUT2D eigenvalue weighted by Crippen LogP contribution is 2.08. The predicted octanol–water partition coefficient (Wildman–Crippen LogP) is 1.72. The fourth-order valence-electron chi connectivity index (χ4n) is 1.61. The van der Waals surface area contributed by atoms with Crippen molar-refractivity contribution < 1.29 is 14.0 Å². The lowest BCUT2D eigenvalue weighted by atomic mass is 10.3. The minimum absolute atomic E-state index is 0.0552. The number of hydrogen-bond acceptors (Lipinski definition) is 3. The molecule has 5 heteroatoms. The Bertz CT molecular complexity index is 463. The average molecular weight is 264 g/mol. The molecule has 0 fully saturated rings. The molecule has 1 aromatic rings. The van der Waals surface area contributed by atoms with Crippen molar-refractivity contribution >= 4 is 17.9 Å². The van der Waals surface area contributed by atoms with E-state index in [4.69, 9.17) is 10.2 Å². The lowest BCUT2D eigenvalue weighted by Gasteiger charge is -2.18. The van der Waals surface area contributed by atoms with Gasteiger partial charge in [0.25, 0.3) is 0 Å². The zero-order chi connectivity index (χ0) is 14.3. The smallest absolute Gasteiger partial charge is 0.247 e. The second-order valence-corrected chi connectivity index (χ2v) is 4.36. The van der Waals surface area contributed by atoms with Crippen LogP contribution in [0.4, 0.5) is 0 Å². The van der Waals surface area contributed by atoms with Gasteiger partial charge in [-0.25, -0.2) is 0 Å². The fraction of sp³-hybridized carbons (Fsp3) is 0.429. The average Bonchev–Trinajstić information content (AvgIpc) is 2.77. The first kappa shape index (κ1) is 15.0.